The molecular weight excluding hydrogens is 258 g/mol. The zero-order chi connectivity index (χ0) is 14.3. The van der Waals surface area contributed by atoms with E-state index in [1.54, 1.807) is 24.3 Å². The van der Waals surface area contributed by atoms with E-state index in [0.29, 0.717) is 23.6 Å². The highest BCUT2D eigenvalue weighted by molar-refractivity contribution is 5.88. The zero-order valence-electron chi connectivity index (χ0n) is 10.8. The lowest BCUT2D eigenvalue weighted by Gasteiger charge is -2.22. The third-order valence-electron chi connectivity index (χ3n) is 3.60. The molecule has 0 amide bonds. The highest BCUT2D eigenvalue weighted by Crippen LogP contribution is 2.35. The van der Waals surface area contributed by atoms with Crippen molar-refractivity contribution in [3.8, 4) is 17.1 Å². The summed E-state index contributed by atoms with van der Waals surface area (Å²) in [6.07, 6.45) is 1.61. The molecular formula is C14H15N3O3. The number of para-hydroxylation sites is 1. The number of carboxylic acids is 1. The number of aromatic carboxylic acids is 1. The number of nitrogens with zero attached hydrogens (tertiary/aromatic N) is 2. The first kappa shape index (κ1) is 12.7. The Bertz CT molecular complexity index is 678. The molecule has 1 aromatic heterocycles. The lowest BCUT2D eigenvalue weighted by Crippen LogP contribution is -2.23. The number of phenols is 1. The summed E-state index contributed by atoms with van der Waals surface area (Å²) in [4.78, 5) is 15.6. The van der Waals surface area contributed by atoms with Gasteiger partial charge >= 0.3 is 5.97 Å². The number of phenolic OH excluding ortho intramolecular Hbond substituents is 1. The van der Waals surface area contributed by atoms with Crippen molar-refractivity contribution in [3.05, 3.63) is 35.7 Å². The fourth-order valence-electron chi connectivity index (χ4n) is 2.70. The zero-order valence-corrected chi connectivity index (χ0v) is 10.8. The van der Waals surface area contributed by atoms with Gasteiger partial charge < -0.3 is 20.5 Å². The van der Waals surface area contributed by atoms with Crippen LogP contribution in [0, 0.1) is 0 Å². The summed E-state index contributed by atoms with van der Waals surface area (Å²) in [7, 11) is 0. The largest absolute Gasteiger partial charge is 0.507 e. The van der Waals surface area contributed by atoms with E-state index in [-0.39, 0.29) is 17.5 Å². The summed E-state index contributed by atoms with van der Waals surface area (Å²) >= 11 is 0. The molecule has 0 fully saturated rings. The molecule has 104 valence electrons. The van der Waals surface area contributed by atoms with Crippen molar-refractivity contribution in [2.75, 3.05) is 0 Å². The van der Waals surface area contributed by atoms with E-state index in [1.165, 1.54) is 0 Å². The van der Waals surface area contributed by atoms with Gasteiger partial charge in [-0.05, 0) is 25.0 Å². The summed E-state index contributed by atoms with van der Waals surface area (Å²) in [6.45, 7) is 0.660. The number of imidazole rings is 1. The molecule has 0 saturated heterocycles. The number of carboxylic acid groups (broad SMARTS) is 1. The molecule has 20 heavy (non-hydrogen) atoms. The Morgan fingerprint density at radius 3 is 2.85 bits per heavy atom. The Hall–Kier alpha value is -2.34. The van der Waals surface area contributed by atoms with Crippen molar-refractivity contribution in [1.29, 1.82) is 0 Å². The molecule has 1 atom stereocenters. The SMILES string of the molecule is NC1CCCn2c(-c3ccccc3O)nc(C(=O)O)c21. The van der Waals surface area contributed by atoms with Crippen molar-refractivity contribution in [1.82, 2.24) is 9.55 Å². The molecule has 0 spiro atoms. The smallest absolute Gasteiger partial charge is 0.356 e. The van der Waals surface area contributed by atoms with E-state index < -0.39 is 5.97 Å². The molecule has 0 bridgehead atoms. The monoisotopic (exact) mass is 273 g/mol. The predicted octanol–water partition coefficient (Wildman–Crippen LogP) is 1.75. The maximum absolute atomic E-state index is 11.4. The Kier molecular flexibility index (Phi) is 2.94. The normalized spacial score (nSPS) is 17.8. The van der Waals surface area contributed by atoms with Gasteiger partial charge in [0.05, 0.1) is 11.3 Å². The molecule has 1 aliphatic rings. The number of aromatic nitrogens is 2. The fraction of sp³-hybridized carbons (Fsp3) is 0.286. The van der Waals surface area contributed by atoms with Crippen molar-refractivity contribution >= 4 is 5.97 Å². The molecule has 2 aromatic rings. The van der Waals surface area contributed by atoms with Gasteiger partial charge in [0.25, 0.3) is 0 Å². The average Bonchev–Trinajstić information content (AvgIpc) is 2.80. The third-order valence-corrected chi connectivity index (χ3v) is 3.60. The number of aromatic hydroxyl groups is 1. The lowest BCUT2D eigenvalue weighted by molar-refractivity contribution is 0.0688. The van der Waals surface area contributed by atoms with Crippen molar-refractivity contribution in [3.63, 3.8) is 0 Å². The molecule has 2 heterocycles. The van der Waals surface area contributed by atoms with Crippen molar-refractivity contribution < 1.29 is 15.0 Å². The molecule has 3 rings (SSSR count). The summed E-state index contributed by atoms with van der Waals surface area (Å²) in [6, 6.07) is 6.43. The van der Waals surface area contributed by atoms with Crippen LogP contribution in [-0.4, -0.2) is 25.7 Å². The Labute approximate surface area is 115 Å². The summed E-state index contributed by atoms with van der Waals surface area (Å²) in [5, 5.41) is 19.2. The molecule has 0 radical (unpaired) electrons. The van der Waals surface area contributed by atoms with Gasteiger partial charge in [-0.2, -0.15) is 0 Å². The molecule has 4 N–H and O–H groups in total. The third kappa shape index (κ3) is 1.85. The van der Waals surface area contributed by atoms with Gasteiger partial charge in [0.1, 0.15) is 11.6 Å². The maximum atomic E-state index is 11.4. The second-order valence-corrected chi connectivity index (χ2v) is 4.89. The first-order valence-corrected chi connectivity index (χ1v) is 6.47. The summed E-state index contributed by atoms with van der Waals surface area (Å²) in [5.41, 5.74) is 7.08. The minimum atomic E-state index is -1.09. The van der Waals surface area contributed by atoms with Gasteiger partial charge in [0.2, 0.25) is 0 Å². The lowest BCUT2D eigenvalue weighted by atomic mass is 10.0. The minimum Gasteiger partial charge on any atom is -0.507 e. The maximum Gasteiger partial charge on any atom is 0.356 e. The summed E-state index contributed by atoms with van der Waals surface area (Å²) in [5.74, 6) is -0.546. The van der Waals surface area contributed by atoms with Crippen LogP contribution >= 0.6 is 0 Å². The minimum absolute atomic E-state index is 0.0181. The van der Waals surface area contributed by atoms with Crippen LogP contribution in [0.4, 0.5) is 0 Å². The molecule has 1 aliphatic heterocycles. The van der Waals surface area contributed by atoms with Gasteiger partial charge in [-0.15, -0.1) is 0 Å². The Morgan fingerprint density at radius 1 is 1.40 bits per heavy atom. The van der Waals surface area contributed by atoms with E-state index in [9.17, 15) is 15.0 Å². The van der Waals surface area contributed by atoms with Crippen LogP contribution in [0.2, 0.25) is 0 Å². The fourth-order valence-corrected chi connectivity index (χ4v) is 2.70. The molecule has 1 unspecified atom stereocenters. The van der Waals surface area contributed by atoms with Crippen LogP contribution in [-0.2, 0) is 6.54 Å². The highest BCUT2D eigenvalue weighted by atomic mass is 16.4. The number of fused-ring (bicyclic) bond motifs is 1. The quantitative estimate of drug-likeness (QED) is 0.773. The van der Waals surface area contributed by atoms with Crippen LogP contribution in [0.3, 0.4) is 0 Å². The van der Waals surface area contributed by atoms with E-state index in [4.69, 9.17) is 5.73 Å². The second-order valence-electron chi connectivity index (χ2n) is 4.89. The number of hydrogen-bond acceptors (Lipinski definition) is 4. The van der Waals surface area contributed by atoms with Crippen LogP contribution in [0.25, 0.3) is 11.4 Å². The second kappa shape index (κ2) is 4.64. The van der Waals surface area contributed by atoms with Gasteiger partial charge in [-0.25, -0.2) is 9.78 Å². The first-order valence-electron chi connectivity index (χ1n) is 6.47. The Morgan fingerprint density at radius 2 is 2.15 bits per heavy atom. The molecule has 1 aromatic carbocycles. The van der Waals surface area contributed by atoms with E-state index in [1.807, 2.05) is 4.57 Å². The van der Waals surface area contributed by atoms with Crippen molar-refractivity contribution in [2.24, 2.45) is 5.73 Å². The van der Waals surface area contributed by atoms with Crippen LogP contribution in [0.15, 0.2) is 24.3 Å². The number of hydrogen-bond donors (Lipinski definition) is 3. The van der Waals surface area contributed by atoms with Gasteiger partial charge in [-0.3, -0.25) is 0 Å². The number of benzene rings is 1. The standard InChI is InChI=1S/C14H15N3O3/c15-9-5-3-7-17-12(9)11(14(19)20)16-13(17)8-4-1-2-6-10(8)18/h1-2,4,6,9,18H,3,5,7,15H2,(H,19,20). The van der Waals surface area contributed by atoms with Crippen molar-refractivity contribution in [2.45, 2.75) is 25.4 Å². The summed E-state index contributed by atoms with van der Waals surface area (Å²) < 4.78 is 1.81. The molecule has 6 nitrogen and oxygen atoms in total. The van der Waals surface area contributed by atoms with Crippen LogP contribution in [0.1, 0.15) is 35.1 Å². The molecule has 0 aliphatic carbocycles. The van der Waals surface area contributed by atoms with Gasteiger partial charge in [0.15, 0.2) is 5.69 Å². The predicted molar refractivity (Wildman–Crippen MR) is 72.4 cm³/mol. The topological polar surface area (TPSA) is 101 Å². The van der Waals surface area contributed by atoms with Gasteiger partial charge in [0, 0.05) is 12.6 Å². The van der Waals surface area contributed by atoms with E-state index in [0.717, 1.165) is 12.8 Å². The average molecular weight is 273 g/mol. The van der Waals surface area contributed by atoms with E-state index >= 15 is 0 Å². The molecule has 0 saturated carbocycles. The van der Waals surface area contributed by atoms with E-state index in [2.05, 4.69) is 4.98 Å². The number of carbonyl (C=O) groups is 1. The number of rotatable bonds is 2. The van der Waals surface area contributed by atoms with Crippen LogP contribution in [0.5, 0.6) is 5.75 Å². The number of nitrogens with two attached hydrogens (primary N) is 1. The van der Waals surface area contributed by atoms with Gasteiger partial charge in [-0.1, -0.05) is 12.1 Å². The first-order chi connectivity index (χ1) is 9.59. The Balaban J connectivity index is 2.25. The molecule has 6 heteroatoms. The highest BCUT2D eigenvalue weighted by Gasteiger charge is 2.29. The van der Waals surface area contributed by atoms with Crippen LogP contribution < -0.4 is 5.73 Å².